The fourth-order valence-electron chi connectivity index (χ4n) is 3.92. The van der Waals surface area contributed by atoms with Gasteiger partial charge in [0, 0.05) is 32.6 Å². The molecule has 2 saturated heterocycles. The van der Waals surface area contributed by atoms with Gasteiger partial charge in [-0.05, 0) is 31.6 Å². The first-order valence-corrected chi connectivity index (χ1v) is 7.76. The highest BCUT2D eigenvalue weighted by atomic mass is 16.4. The Bertz CT molecular complexity index is 482. The van der Waals surface area contributed by atoms with E-state index < -0.39 is 5.97 Å². The van der Waals surface area contributed by atoms with Crippen LogP contribution in [-0.2, 0) is 14.4 Å². The smallest absolute Gasteiger partial charge is 0.307 e. The molecule has 3 rings (SSSR count). The molecule has 0 aromatic carbocycles. The number of amides is 2. The second kappa shape index (κ2) is 5.00. The second-order valence-corrected chi connectivity index (χ2v) is 6.62. The van der Waals surface area contributed by atoms with Gasteiger partial charge in [0.2, 0.25) is 11.8 Å². The first kappa shape index (κ1) is 14.4. The molecule has 2 amide bonds. The van der Waals surface area contributed by atoms with E-state index in [0.717, 1.165) is 19.3 Å². The highest BCUT2D eigenvalue weighted by Crippen LogP contribution is 2.59. The molecule has 1 spiro atoms. The van der Waals surface area contributed by atoms with Gasteiger partial charge in [0.1, 0.15) is 0 Å². The zero-order chi connectivity index (χ0) is 15.2. The highest BCUT2D eigenvalue weighted by Gasteiger charge is 2.59. The molecule has 1 aliphatic carbocycles. The number of rotatable bonds is 3. The first-order chi connectivity index (χ1) is 9.97. The Morgan fingerprint density at radius 2 is 2.00 bits per heavy atom. The highest BCUT2D eigenvalue weighted by molar-refractivity contribution is 5.89. The number of carbonyl (C=O) groups is 3. The number of likely N-dealkylation sites (tertiary alicyclic amines) is 2. The molecule has 2 atom stereocenters. The van der Waals surface area contributed by atoms with Gasteiger partial charge in [-0.25, -0.2) is 0 Å². The standard InChI is InChI=1S/C15H22N2O4/c1-2-16-9-10(7-12(16)18)13(19)17-5-3-15(4-6-17)8-11(15)14(20)21/h10-11H,2-9H2,1H3,(H,20,21). The predicted molar refractivity (Wildman–Crippen MR) is 74.4 cm³/mol. The third-order valence-electron chi connectivity index (χ3n) is 5.50. The Labute approximate surface area is 124 Å². The average molecular weight is 294 g/mol. The molecule has 116 valence electrons. The van der Waals surface area contributed by atoms with Crippen LogP contribution in [0.25, 0.3) is 0 Å². The molecule has 1 N–H and O–H groups in total. The Balaban J connectivity index is 1.55. The van der Waals surface area contributed by atoms with Crippen LogP contribution in [0.1, 0.15) is 32.6 Å². The van der Waals surface area contributed by atoms with Crippen LogP contribution in [0.3, 0.4) is 0 Å². The fourth-order valence-corrected chi connectivity index (χ4v) is 3.92. The average Bonchev–Trinajstić information content (AvgIpc) is 3.03. The number of piperidine rings is 1. The summed E-state index contributed by atoms with van der Waals surface area (Å²) in [6.45, 7) is 4.40. The molecule has 2 heterocycles. The first-order valence-electron chi connectivity index (χ1n) is 7.76. The van der Waals surface area contributed by atoms with Crippen LogP contribution in [0.4, 0.5) is 0 Å². The Morgan fingerprint density at radius 3 is 2.48 bits per heavy atom. The van der Waals surface area contributed by atoms with E-state index in [9.17, 15) is 14.4 Å². The van der Waals surface area contributed by atoms with Gasteiger partial charge in [-0.15, -0.1) is 0 Å². The summed E-state index contributed by atoms with van der Waals surface area (Å²) in [6.07, 6.45) is 2.66. The van der Waals surface area contributed by atoms with Gasteiger partial charge in [0.15, 0.2) is 0 Å². The van der Waals surface area contributed by atoms with E-state index in [-0.39, 0.29) is 29.1 Å². The maximum Gasteiger partial charge on any atom is 0.307 e. The Kier molecular flexibility index (Phi) is 3.42. The van der Waals surface area contributed by atoms with Crippen LogP contribution in [0.15, 0.2) is 0 Å². The summed E-state index contributed by atoms with van der Waals surface area (Å²) in [7, 11) is 0. The number of hydrogen-bond donors (Lipinski definition) is 1. The molecule has 1 saturated carbocycles. The van der Waals surface area contributed by atoms with Crippen molar-refractivity contribution in [3.63, 3.8) is 0 Å². The predicted octanol–water partition coefficient (Wildman–Crippen LogP) is 0.568. The summed E-state index contributed by atoms with van der Waals surface area (Å²) < 4.78 is 0. The minimum atomic E-state index is -0.699. The maximum atomic E-state index is 12.5. The molecule has 21 heavy (non-hydrogen) atoms. The van der Waals surface area contributed by atoms with E-state index in [2.05, 4.69) is 0 Å². The van der Waals surface area contributed by atoms with Crippen molar-refractivity contribution in [2.75, 3.05) is 26.2 Å². The van der Waals surface area contributed by atoms with Gasteiger partial charge >= 0.3 is 5.97 Å². The van der Waals surface area contributed by atoms with Gasteiger partial charge < -0.3 is 14.9 Å². The van der Waals surface area contributed by atoms with E-state index in [0.29, 0.717) is 32.6 Å². The number of nitrogens with zero attached hydrogens (tertiary/aromatic N) is 2. The van der Waals surface area contributed by atoms with E-state index in [1.54, 1.807) is 4.90 Å². The largest absolute Gasteiger partial charge is 0.481 e. The normalized spacial score (nSPS) is 30.8. The summed E-state index contributed by atoms with van der Waals surface area (Å²) in [5.41, 5.74) is -0.0520. The van der Waals surface area contributed by atoms with Crippen molar-refractivity contribution in [2.24, 2.45) is 17.3 Å². The van der Waals surface area contributed by atoms with Crippen LogP contribution in [0, 0.1) is 17.3 Å². The van der Waals surface area contributed by atoms with Crippen LogP contribution in [0.5, 0.6) is 0 Å². The van der Waals surface area contributed by atoms with Crippen LogP contribution in [-0.4, -0.2) is 58.9 Å². The zero-order valence-corrected chi connectivity index (χ0v) is 12.4. The van der Waals surface area contributed by atoms with Crippen LogP contribution >= 0.6 is 0 Å². The quantitative estimate of drug-likeness (QED) is 0.825. The minimum absolute atomic E-state index is 0.0520. The molecular weight excluding hydrogens is 272 g/mol. The fraction of sp³-hybridized carbons (Fsp3) is 0.800. The third kappa shape index (κ3) is 2.40. The topological polar surface area (TPSA) is 77.9 Å². The van der Waals surface area contributed by atoms with Crippen molar-refractivity contribution < 1.29 is 19.5 Å². The lowest BCUT2D eigenvalue weighted by Gasteiger charge is -2.34. The number of carboxylic acid groups (broad SMARTS) is 1. The van der Waals surface area contributed by atoms with Crippen LogP contribution < -0.4 is 0 Å². The van der Waals surface area contributed by atoms with E-state index >= 15 is 0 Å². The van der Waals surface area contributed by atoms with Crippen molar-refractivity contribution in [3.8, 4) is 0 Å². The lowest BCUT2D eigenvalue weighted by atomic mass is 9.90. The molecule has 0 aromatic rings. The monoisotopic (exact) mass is 294 g/mol. The number of carbonyl (C=O) groups excluding carboxylic acids is 2. The minimum Gasteiger partial charge on any atom is -0.481 e. The van der Waals surface area contributed by atoms with Crippen LogP contribution in [0.2, 0.25) is 0 Å². The lowest BCUT2D eigenvalue weighted by molar-refractivity contribution is -0.140. The molecule has 2 aliphatic heterocycles. The van der Waals surface area contributed by atoms with Gasteiger partial charge in [-0.3, -0.25) is 14.4 Å². The van der Waals surface area contributed by atoms with E-state index in [1.807, 2.05) is 11.8 Å². The molecular formula is C15H22N2O4. The molecule has 3 fully saturated rings. The molecule has 6 heteroatoms. The molecule has 2 unspecified atom stereocenters. The number of aliphatic carboxylic acids is 1. The molecule has 0 radical (unpaired) electrons. The number of carboxylic acids is 1. The SMILES string of the molecule is CCN1CC(C(=O)N2CCC3(CC2)CC3C(=O)O)CC1=O. The van der Waals surface area contributed by atoms with Crippen molar-refractivity contribution >= 4 is 17.8 Å². The van der Waals surface area contributed by atoms with Gasteiger partial charge in [0.05, 0.1) is 11.8 Å². The molecule has 6 nitrogen and oxygen atoms in total. The van der Waals surface area contributed by atoms with Crippen molar-refractivity contribution in [2.45, 2.75) is 32.6 Å². The third-order valence-corrected chi connectivity index (χ3v) is 5.50. The molecule has 3 aliphatic rings. The van der Waals surface area contributed by atoms with E-state index in [1.165, 1.54) is 0 Å². The second-order valence-electron chi connectivity index (χ2n) is 6.62. The molecule has 0 bridgehead atoms. The summed E-state index contributed by atoms with van der Waals surface area (Å²) in [5.74, 6) is -0.978. The number of hydrogen-bond acceptors (Lipinski definition) is 3. The lowest BCUT2D eigenvalue weighted by Crippen LogP contribution is -2.43. The summed E-state index contributed by atoms with van der Waals surface area (Å²) in [4.78, 5) is 38.8. The summed E-state index contributed by atoms with van der Waals surface area (Å²) >= 11 is 0. The van der Waals surface area contributed by atoms with Crippen molar-refractivity contribution in [1.82, 2.24) is 9.80 Å². The maximum absolute atomic E-state index is 12.5. The van der Waals surface area contributed by atoms with Gasteiger partial charge in [-0.2, -0.15) is 0 Å². The Hall–Kier alpha value is -1.59. The van der Waals surface area contributed by atoms with Gasteiger partial charge in [0.25, 0.3) is 0 Å². The van der Waals surface area contributed by atoms with E-state index in [4.69, 9.17) is 5.11 Å². The zero-order valence-electron chi connectivity index (χ0n) is 12.4. The summed E-state index contributed by atoms with van der Waals surface area (Å²) in [5, 5.41) is 9.08. The van der Waals surface area contributed by atoms with Crippen molar-refractivity contribution in [3.05, 3.63) is 0 Å². The van der Waals surface area contributed by atoms with Gasteiger partial charge in [-0.1, -0.05) is 0 Å². The summed E-state index contributed by atoms with van der Waals surface area (Å²) in [6, 6.07) is 0. The molecule has 0 aromatic heterocycles. The Morgan fingerprint density at radius 1 is 1.33 bits per heavy atom. The van der Waals surface area contributed by atoms with Crippen molar-refractivity contribution in [1.29, 1.82) is 0 Å².